The van der Waals surface area contributed by atoms with Gasteiger partial charge in [0.1, 0.15) is 3.70 Å². The van der Waals surface area contributed by atoms with Gasteiger partial charge in [-0.15, -0.1) is 0 Å². The molecule has 3 nitrogen and oxygen atoms in total. The van der Waals surface area contributed by atoms with Crippen LogP contribution in [0.25, 0.3) is 0 Å². The lowest BCUT2D eigenvalue weighted by atomic mass is 10.1. The number of rotatable bonds is 2. The normalized spacial score (nSPS) is 10.6. The SMILES string of the molecule is Cc1nc(I)c(C(N)=O)cc1C(F)F. The van der Waals surface area contributed by atoms with E-state index in [9.17, 15) is 13.6 Å². The zero-order valence-electron chi connectivity index (χ0n) is 7.22. The number of alkyl halides is 2. The van der Waals surface area contributed by atoms with Crippen molar-refractivity contribution in [2.75, 3.05) is 0 Å². The summed E-state index contributed by atoms with van der Waals surface area (Å²) in [5.74, 6) is -0.746. The van der Waals surface area contributed by atoms with Gasteiger partial charge in [0, 0.05) is 11.3 Å². The molecule has 14 heavy (non-hydrogen) atoms. The maximum Gasteiger partial charge on any atom is 0.265 e. The van der Waals surface area contributed by atoms with Crippen LogP contribution in [-0.2, 0) is 0 Å². The number of pyridine rings is 1. The second-order valence-corrected chi connectivity index (χ2v) is 3.69. The highest BCUT2D eigenvalue weighted by Crippen LogP contribution is 2.24. The third kappa shape index (κ3) is 2.17. The second kappa shape index (κ2) is 4.16. The minimum Gasteiger partial charge on any atom is -0.366 e. The molecule has 1 rings (SSSR count). The number of aryl methyl sites for hydroxylation is 1. The van der Waals surface area contributed by atoms with E-state index in [1.807, 2.05) is 0 Å². The molecule has 6 heteroatoms. The number of carbonyl (C=O) groups is 1. The Morgan fingerprint density at radius 2 is 2.21 bits per heavy atom. The molecule has 0 spiro atoms. The van der Waals surface area contributed by atoms with Gasteiger partial charge < -0.3 is 5.73 Å². The summed E-state index contributed by atoms with van der Waals surface area (Å²) in [6.07, 6.45) is -2.64. The van der Waals surface area contributed by atoms with Crippen molar-refractivity contribution in [1.29, 1.82) is 0 Å². The smallest absolute Gasteiger partial charge is 0.265 e. The number of amides is 1. The fraction of sp³-hybridized carbons (Fsp3) is 0.250. The van der Waals surface area contributed by atoms with Gasteiger partial charge in [-0.2, -0.15) is 0 Å². The number of halogens is 3. The largest absolute Gasteiger partial charge is 0.366 e. The van der Waals surface area contributed by atoms with Gasteiger partial charge in [-0.05, 0) is 35.6 Å². The number of hydrogen-bond donors (Lipinski definition) is 1. The van der Waals surface area contributed by atoms with Gasteiger partial charge in [-0.3, -0.25) is 4.79 Å². The molecule has 1 amide bonds. The second-order valence-electron chi connectivity index (χ2n) is 2.67. The van der Waals surface area contributed by atoms with Crippen molar-refractivity contribution in [2.24, 2.45) is 5.73 Å². The van der Waals surface area contributed by atoms with E-state index < -0.39 is 12.3 Å². The maximum atomic E-state index is 12.4. The molecular formula is C8H7F2IN2O. The molecule has 0 aliphatic rings. The fourth-order valence-corrected chi connectivity index (χ4v) is 1.77. The Kier molecular flexibility index (Phi) is 3.35. The monoisotopic (exact) mass is 312 g/mol. The summed E-state index contributed by atoms with van der Waals surface area (Å²) in [4.78, 5) is 14.7. The highest BCUT2D eigenvalue weighted by atomic mass is 127. The van der Waals surface area contributed by atoms with Gasteiger partial charge in [0.2, 0.25) is 0 Å². The van der Waals surface area contributed by atoms with Crippen molar-refractivity contribution in [3.05, 3.63) is 26.6 Å². The van der Waals surface area contributed by atoms with Gasteiger partial charge in [-0.25, -0.2) is 13.8 Å². The van der Waals surface area contributed by atoms with E-state index in [0.717, 1.165) is 6.07 Å². The predicted molar refractivity (Wildman–Crippen MR) is 55.2 cm³/mol. The third-order valence-electron chi connectivity index (χ3n) is 1.71. The van der Waals surface area contributed by atoms with Crippen molar-refractivity contribution in [3.63, 3.8) is 0 Å². The van der Waals surface area contributed by atoms with Crippen molar-refractivity contribution >= 4 is 28.5 Å². The third-order valence-corrected chi connectivity index (χ3v) is 2.53. The van der Waals surface area contributed by atoms with E-state index in [0.29, 0.717) is 3.70 Å². The molecule has 0 saturated heterocycles. The van der Waals surface area contributed by atoms with Crippen LogP contribution in [0.15, 0.2) is 6.07 Å². The first kappa shape index (κ1) is 11.3. The van der Waals surface area contributed by atoms with Crippen LogP contribution in [0.4, 0.5) is 8.78 Å². The number of hydrogen-bond acceptors (Lipinski definition) is 2. The minimum atomic E-state index is -2.64. The van der Waals surface area contributed by atoms with Crippen LogP contribution in [0.1, 0.15) is 28.0 Å². The summed E-state index contributed by atoms with van der Waals surface area (Å²) in [6, 6.07) is 1.09. The van der Waals surface area contributed by atoms with Gasteiger partial charge >= 0.3 is 0 Å². The maximum absolute atomic E-state index is 12.4. The lowest BCUT2D eigenvalue weighted by Gasteiger charge is -2.07. The van der Waals surface area contributed by atoms with Gasteiger partial charge in [0.05, 0.1) is 5.56 Å². The summed E-state index contributed by atoms with van der Waals surface area (Å²) in [7, 11) is 0. The van der Waals surface area contributed by atoms with E-state index >= 15 is 0 Å². The molecule has 0 radical (unpaired) electrons. The predicted octanol–water partition coefficient (Wildman–Crippen LogP) is 2.03. The Labute approximate surface area is 92.8 Å². The van der Waals surface area contributed by atoms with Crippen LogP contribution in [0.2, 0.25) is 0 Å². The van der Waals surface area contributed by atoms with E-state index in [4.69, 9.17) is 5.73 Å². The van der Waals surface area contributed by atoms with Crippen LogP contribution in [0.5, 0.6) is 0 Å². The van der Waals surface area contributed by atoms with E-state index in [-0.39, 0.29) is 16.8 Å². The summed E-state index contributed by atoms with van der Waals surface area (Å²) in [5.41, 5.74) is 5.01. The molecule has 1 aromatic heterocycles. The zero-order valence-corrected chi connectivity index (χ0v) is 9.38. The molecule has 0 atom stereocenters. The number of nitrogens with zero attached hydrogens (tertiary/aromatic N) is 1. The Hall–Kier alpha value is -0.790. The molecular weight excluding hydrogens is 305 g/mol. The number of primary amides is 1. The molecule has 0 aromatic carbocycles. The molecule has 1 aromatic rings. The highest BCUT2D eigenvalue weighted by Gasteiger charge is 2.17. The van der Waals surface area contributed by atoms with E-state index in [1.165, 1.54) is 6.92 Å². The molecule has 0 bridgehead atoms. The number of aromatic nitrogens is 1. The Morgan fingerprint density at radius 1 is 1.64 bits per heavy atom. The summed E-state index contributed by atoms with van der Waals surface area (Å²) >= 11 is 1.78. The van der Waals surface area contributed by atoms with Gasteiger partial charge in [0.15, 0.2) is 0 Å². The van der Waals surface area contributed by atoms with E-state index in [2.05, 4.69) is 4.98 Å². The van der Waals surface area contributed by atoms with Crippen molar-refractivity contribution in [3.8, 4) is 0 Å². The lowest BCUT2D eigenvalue weighted by Crippen LogP contribution is -2.15. The first-order chi connectivity index (χ1) is 6.43. The Morgan fingerprint density at radius 3 is 2.64 bits per heavy atom. The van der Waals surface area contributed by atoms with Crippen LogP contribution in [0, 0.1) is 10.6 Å². The van der Waals surface area contributed by atoms with Crippen LogP contribution in [0.3, 0.4) is 0 Å². The lowest BCUT2D eigenvalue weighted by molar-refractivity contribution is 0.0998. The van der Waals surface area contributed by atoms with Crippen molar-refractivity contribution < 1.29 is 13.6 Å². The topological polar surface area (TPSA) is 56.0 Å². The minimum absolute atomic E-state index is 0.0338. The molecule has 0 aliphatic carbocycles. The fourth-order valence-electron chi connectivity index (χ4n) is 0.985. The van der Waals surface area contributed by atoms with Crippen LogP contribution >= 0.6 is 22.6 Å². The quantitative estimate of drug-likeness (QED) is 0.671. The Balaban J connectivity index is 3.34. The molecule has 0 saturated carbocycles. The van der Waals surface area contributed by atoms with Crippen molar-refractivity contribution in [1.82, 2.24) is 4.98 Å². The zero-order chi connectivity index (χ0) is 10.9. The van der Waals surface area contributed by atoms with Crippen LogP contribution < -0.4 is 5.73 Å². The number of carbonyl (C=O) groups excluding carboxylic acids is 1. The van der Waals surface area contributed by atoms with Crippen molar-refractivity contribution in [2.45, 2.75) is 13.3 Å². The molecule has 0 unspecified atom stereocenters. The molecule has 1 heterocycles. The number of nitrogens with two attached hydrogens (primary N) is 1. The first-order valence-electron chi connectivity index (χ1n) is 3.68. The van der Waals surface area contributed by atoms with Gasteiger partial charge in [0.25, 0.3) is 12.3 Å². The van der Waals surface area contributed by atoms with Crippen LogP contribution in [-0.4, -0.2) is 10.9 Å². The molecule has 0 fully saturated rings. The standard InChI is InChI=1S/C8H7F2IN2O/c1-3-4(6(9)10)2-5(8(12)14)7(11)13-3/h2,6H,1H3,(H2,12,14). The molecule has 76 valence electrons. The van der Waals surface area contributed by atoms with Gasteiger partial charge in [-0.1, -0.05) is 0 Å². The Bertz CT molecular complexity index is 382. The van der Waals surface area contributed by atoms with E-state index in [1.54, 1.807) is 22.6 Å². The first-order valence-corrected chi connectivity index (χ1v) is 4.76. The highest BCUT2D eigenvalue weighted by molar-refractivity contribution is 14.1. The summed E-state index contributed by atoms with van der Waals surface area (Å²) in [6.45, 7) is 1.47. The molecule has 2 N–H and O–H groups in total. The average molecular weight is 312 g/mol. The summed E-state index contributed by atoms with van der Waals surface area (Å²) < 4.78 is 25.2. The average Bonchev–Trinajstić information content (AvgIpc) is 2.02. The summed E-state index contributed by atoms with van der Waals surface area (Å²) in [5, 5.41) is 0. The molecule has 0 aliphatic heterocycles.